The third-order valence-corrected chi connectivity index (χ3v) is 2.68. The standard InChI is InChI=1S/C13H26N4O.HI/c1-4-14-13(15-8-7-10(2)3)16-9-12(18)17-11-5-6-11;/h10-11H,4-9H2,1-3H3,(H,17,18)(H2,14,15,16);1H. The van der Waals surface area contributed by atoms with Gasteiger partial charge in [-0.1, -0.05) is 13.8 Å². The average Bonchev–Trinajstić information content (AvgIpc) is 3.09. The van der Waals surface area contributed by atoms with Crippen molar-refractivity contribution in [2.45, 2.75) is 46.1 Å². The van der Waals surface area contributed by atoms with Crippen molar-refractivity contribution in [1.82, 2.24) is 16.0 Å². The van der Waals surface area contributed by atoms with Gasteiger partial charge in [-0.05, 0) is 32.1 Å². The quantitative estimate of drug-likeness (QED) is 0.355. The molecule has 0 saturated heterocycles. The lowest BCUT2D eigenvalue weighted by atomic mass is 10.1. The van der Waals surface area contributed by atoms with Crippen molar-refractivity contribution in [2.24, 2.45) is 10.9 Å². The van der Waals surface area contributed by atoms with Crippen LogP contribution in [0.4, 0.5) is 0 Å². The van der Waals surface area contributed by atoms with Crippen molar-refractivity contribution in [3.05, 3.63) is 0 Å². The molecule has 0 radical (unpaired) electrons. The first-order valence-corrected chi connectivity index (χ1v) is 6.93. The number of nitrogens with one attached hydrogen (secondary N) is 3. The fourth-order valence-electron chi connectivity index (χ4n) is 1.47. The second kappa shape index (κ2) is 10.3. The molecule has 0 aliphatic heterocycles. The molecule has 6 heteroatoms. The van der Waals surface area contributed by atoms with E-state index >= 15 is 0 Å². The first-order valence-electron chi connectivity index (χ1n) is 6.93. The van der Waals surface area contributed by atoms with Gasteiger partial charge < -0.3 is 16.0 Å². The van der Waals surface area contributed by atoms with Crippen molar-refractivity contribution in [3.63, 3.8) is 0 Å². The molecule has 19 heavy (non-hydrogen) atoms. The summed E-state index contributed by atoms with van der Waals surface area (Å²) in [6, 6.07) is 0.407. The van der Waals surface area contributed by atoms with Crippen LogP contribution in [0.2, 0.25) is 0 Å². The van der Waals surface area contributed by atoms with Crippen molar-refractivity contribution < 1.29 is 4.79 Å². The zero-order chi connectivity index (χ0) is 13.4. The van der Waals surface area contributed by atoms with Crippen molar-refractivity contribution in [1.29, 1.82) is 0 Å². The van der Waals surface area contributed by atoms with E-state index in [2.05, 4.69) is 34.8 Å². The molecule has 0 spiro atoms. The zero-order valence-electron chi connectivity index (χ0n) is 12.2. The molecule has 3 N–H and O–H groups in total. The summed E-state index contributed by atoms with van der Waals surface area (Å²) in [6.45, 7) is 8.28. The highest BCUT2D eigenvalue weighted by Gasteiger charge is 2.22. The van der Waals surface area contributed by atoms with Gasteiger partial charge in [0.15, 0.2) is 5.96 Å². The van der Waals surface area contributed by atoms with E-state index in [1.165, 1.54) is 0 Å². The van der Waals surface area contributed by atoms with Gasteiger partial charge in [0, 0.05) is 19.1 Å². The molecule has 1 saturated carbocycles. The Morgan fingerprint density at radius 1 is 1.32 bits per heavy atom. The van der Waals surface area contributed by atoms with Gasteiger partial charge in [-0.25, -0.2) is 4.99 Å². The van der Waals surface area contributed by atoms with Crippen LogP contribution in [0.3, 0.4) is 0 Å². The average molecular weight is 382 g/mol. The summed E-state index contributed by atoms with van der Waals surface area (Å²) in [5.74, 6) is 1.40. The number of amides is 1. The maximum Gasteiger partial charge on any atom is 0.242 e. The Balaban J connectivity index is 0.00000324. The predicted molar refractivity (Wildman–Crippen MR) is 90.0 cm³/mol. The molecule has 1 fully saturated rings. The molecule has 0 bridgehead atoms. The Labute approximate surface area is 133 Å². The molecule has 1 aliphatic rings. The lowest BCUT2D eigenvalue weighted by Gasteiger charge is -2.12. The first kappa shape index (κ1) is 18.5. The summed E-state index contributed by atoms with van der Waals surface area (Å²) in [4.78, 5) is 15.8. The molecule has 0 unspecified atom stereocenters. The van der Waals surface area contributed by atoms with Gasteiger partial charge in [-0.2, -0.15) is 0 Å². The van der Waals surface area contributed by atoms with Crippen LogP contribution in [0.5, 0.6) is 0 Å². The molecule has 1 amide bonds. The molecule has 5 nitrogen and oxygen atoms in total. The van der Waals surface area contributed by atoms with E-state index in [-0.39, 0.29) is 36.4 Å². The molecular weight excluding hydrogens is 355 g/mol. The summed E-state index contributed by atoms with van der Waals surface area (Å²) in [7, 11) is 0. The minimum Gasteiger partial charge on any atom is -0.357 e. The lowest BCUT2D eigenvalue weighted by Crippen LogP contribution is -2.39. The first-order chi connectivity index (χ1) is 8.61. The molecule has 0 aromatic carbocycles. The monoisotopic (exact) mass is 382 g/mol. The second-order valence-electron chi connectivity index (χ2n) is 5.15. The maximum atomic E-state index is 11.5. The maximum absolute atomic E-state index is 11.5. The van der Waals surface area contributed by atoms with E-state index in [0.717, 1.165) is 38.3 Å². The van der Waals surface area contributed by atoms with E-state index in [1.807, 2.05) is 6.92 Å². The van der Waals surface area contributed by atoms with Crippen LogP contribution in [-0.4, -0.2) is 37.5 Å². The minimum absolute atomic E-state index is 0. The molecule has 0 atom stereocenters. The SMILES string of the molecule is CCNC(=NCC(=O)NC1CC1)NCCC(C)C.I. The highest BCUT2D eigenvalue weighted by molar-refractivity contribution is 14.0. The predicted octanol–water partition coefficient (Wildman–Crippen LogP) is 1.48. The smallest absolute Gasteiger partial charge is 0.242 e. The van der Waals surface area contributed by atoms with E-state index in [0.29, 0.717) is 12.0 Å². The summed E-state index contributed by atoms with van der Waals surface area (Å²) >= 11 is 0. The molecule has 0 heterocycles. The summed E-state index contributed by atoms with van der Waals surface area (Å²) < 4.78 is 0. The van der Waals surface area contributed by atoms with Crippen LogP contribution in [0.25, 0.3) is 0 Å². The fourth-order valence-corrected chi connectivity index (χ4v) is 1.47. The van der Waals surface area contributed by atoms with E-state index in [4.69, 9.17) is 0 Å². The van der Waals surface area contributed by atoms with Gasteiger partial charge in [-0.15, -0.1) is 24.0 Å². The molecule has 0 aromatic rings. The number of guanidine groups is 1. The van der Waals surface area contributed by atoms with Crippen LogP contribution in [-0.2, 0) is 4.79 Å². The number of halogens is 1. The Morgan fingerprint density at radius 2 is 2.00 bits per heavy atom. The number of carbonyl (C=O) groups is 1. The topological polar surface area (TPSA) is 65.5 Å². The molecule has 1 aliphatic carbocycles. The summed E-state index contributed by atoms with van der Waals surface area (Å²) in [5, 5.41) is 9.30. The van der Waals surface area contributed by atoms with Crippen LogP contribution >= 0.6 is 24.0 Å². The normalized spacial score (nSPS) is 14.8. The fraction of sp³-hybridized carbons (Fsp3) is 0.846. The van der Waals surface area contributed by atoms with Gasteiger partial charge in [0.2, 0.25) is 5.91 Å². The zero-order valence-corrected chi connectivity index (χ0v) is 14.5. The van der Waals surface area contributed by atoms with Gasteiger partial charge in [-0.3, -0.25) is 4.79 Å². The van der Waals surface area contributed by atoms with Crippen molar-refractivity contribution in [2.75, 3.05) is 19.6 Å². The van der Waals surface area contributed by atoms with Gasteiger partial charge in [0.25, 0.3) is 0 Å². The highest BCUT2D eigenvalue weighted by Crippen LogP contribution is 2.18. The summed E-state index contributed by atoms with van der Waals surface area (Å²) in [6.07, 6.45) is 3.32. The van der Waals surface area contributed by atoms with Crippen LogP contribution in [0.1, 0.15) is 40.0 Å². The number of aliphatic imine (C=N–C) groups is 1. The van der Waals surface area contributed by atoms with Crippen LogP contribution in [0, 0.1) is 5.92 Å². The Kier molecular flexibility index (Phi) is 9.99. The Hall–Kier alpha value is -0.530. The number of nitrogens with zero attached hydrogens (tertiary/aromatic N) is 1. The lowest BCUT2D eigenvalue weighted by molar-refractivity contribution is -0.119. The minimum atomic E-state index is 0. The number of hydrogen-bond acceptors (Lipinski definition) is 2. The largest absolute Gasteiger partial charge is 0.357 e. The molecule has 112 valence electrons. The highest BCUT2D eigenvalue weighted by atomic mass is 127. The molecule has 0 aromatic heterocycles. The van der Waals surface area contributed by atoms with Crippen LogP contribution in [0.15, 0.2) is 4.99 Å². The third kappa shape index (κ3) is 9.98. The second-order valence-corrected chi connectivity index (χ2v) is 5.15. The van der Waals surface area contributed by atoms with Gasteiger partial charge >= 0.3 is 0 Å². The van der Waals surface area contributed by atoms with E-state index in [1.54, 1.807) is 0 Å². The Morgan fingerprint density at radius 3 is 2.53 bits per heavy atom. The van der Waals surface area contributed by atoms with Crippen molar-refractivity contribution >= 4 is 35.8 Å². The number of carbonyl (C=O) groups excluding carboxylic acids is 1. The Bertz CT molecular complexity index is 290. The van der Waals surface area contributed by atoms with Gasteiger partial charge in [0.05, 0.1) is 0 Å². The van der Waals surface area contributed by atoms with E-state index in [9.17, 15) is 4.79 Å². The van der Waals surface area contributed by atoms with Crippen LogP contribution < -0.4 is 16.0 Å². The number of hydrogen-bond donors (Lipinski definition) is 3. The van der Waals surface area contributed by atoms with E-state index < -0.39 is 0 Å². The van der Waals surface area contributed by atoms with Crippen molar-refractivity contribution in [3.8, 4) is 0 Å². The summed E-state index contributed by atoms with van der Waals surface area (Å²) in [5.41, 5.74) is 0. The number of rotatable bonds is 7. The third-order valence-electron chi connectivity index (χ3n) is 2.68. The molecular formula is C13H27IN4O. The van der Waals surface area contributed by atoms with Gasteiger partial charge in [0.1, 0.15) is 6.54 Å². The molecule has 1 rings (SSSR count).